The van der Waals surface area contributed by atoms with Crippen LogP contribution in [-0.2, 0) is 0 Å². The second kappa shape index (κ2) is 4.11. The van der Waals surface area contributed by atoms with Gasteiger partial charge in [0.05, 0.1) is 0 Å². The molecule has 2 N–H and O–H groups in total. The van der Waals surface area contributed by atoms with Gasteiger partial charge >= 0.3 is 0 Å². The Morgan fingerprint density at radius 1 is 1.58 bits per heavy atom. The molecular weight excluding hydrogens is 170 g/mol. The van der Waals surface area contributed by atoms with Crippen LogP contribution in [0.3, 0.4) is 0 Å². The van der Waals surface area contributed by atoms with Gasteiger partial charge in [-0.1, -0.05) is 23.9 Å². The highest BCUT2D eigenvalue weighted by Crippen LogP contribution is 2.14. The minimum atomic E-state index is 0.535. The number of anilines is 1. The summed E-state index contributed by atoms with van der Waals surface area (Å²) in [6, 6.07) is 0. The molecule has 0 radical (unpaired) electrons. The van der Waals surface area contributed by atoms with Crippen molar-refractivity contribution in [3.05, 3.63) is 17.8 Å². The molecule has 4 heteroatoms. The van der Waals surface area contributed by atoms with Gasteiger partial charge in [0.1, 0.15) is 5.82 Å². The fraction of sp³-hybridized carbons (Fsp3) is 0.250. The zero-order valence-electron chi connectivity index (χ0n) is 7.11. The average molecular weight is 181 g/mol. The maximum absolute atomic E-state index is 5.67. The molecule has 64 valence electrons. The fourth-order valence-corrected chi connectivity index (χ4v) is 1.14. The molecule has 0 bridgehead atoms. The number of thioether (sulfide) groups is 1. The Morgan fingerprint density at radius 2 is 2.33 bits per heavy atom. The molecule has 0 amide bonds. The lowest BCUT2D eigenvalue weighted by Crippen LogP contribution is -1.96. The Balaban J connectivity index is 3.03. The molecule has 1 heterocycles. The number of nitrogens with zero attached hydrogens (tertiary/aromatic N) is 2. The topological polar surface area (TPSA) is 51.8 Å². The van der Waals surface area contributed by atoms with E-state index in [-0.39, 0.29) is 0 Å². The van der Waals surface area contributed by atoms with Crippen molar-refractivity contribution < 1.29 is 0 Å². The molecule has 0 spiro atoms. The Bertz CT molecular complexity index is 296. The first-order valence-corrected chi connectivity index (χ1v) is 4.79. The summed E-state index contributed by atoms with van der Waals surface area (Å²) in [7, 11) is 0. The largest absolute Gasteiger partial charge is 0.383 e. The summed E-state index contributed by atoms with van der Waals surface area (Å²) in [5.41, 5.74) is 6.54. The van der Waals surface area contributed by atoms with Crippen LogP contribution in [0.25, 0.3) is 6.08 Å². The second-order valence-electron chi connectivity index (χ2n) is 2.20. The van der Waals surface area contributed by atoms with Gasteiger partial charge in [-0.15, -0.1) is 0 Å². The summed E-state index contributed by atoms with van der Waals surface area (Å²) in [5.74, 6) is 0.535. The zero-order valence-corrected chi connectivity index (χ0v) is 7.93. The van der Waals surface area contributed by atoms with Crippen molar-refractivity contribution in [2.24, 2.45) is 0 Å². The van der Waals surface area contributed by atoms with Crippen molar-refractivity contribution in [2.45, 2.75) is 12.1 Å². The van der Waals surface area contributed by atoms with Crippen molar-refractivity contribution >= 4 is 23.7 Å². The van der Waals surface area contributed by atoms with Gasteiger partial charge in [0.15, 0.2) is 5.16 Å². The van der Waals surface area contributed by atoms with Crippen LogP contribution in [0.4, 0.5) is 5.82 Å². The summed E-state index contributed by atoms with van der Waals surface area (Å²) in [6.45, 7) is 1.93. The first kappa shape index (κ1) is 9.06. The van der Waals surface area contributed by atoms with E-state index in [1.165, 1.54) is 11.8 Å². The van der Waals surface area contributed by atoms with Gasteiger partial charge in [0.25, 0.3) is 0 Å². The Labute approximate surface area is 76.1 Å². The molecule has 12 heavy (non-hydrogen) atoms. The molecule has 0 aliphatic rings. The first-order chi connectivity index (χ1) is 5.77. The molecule has 0 aromatic carbocycles. The van der Waals surface area contributed by atoms with E-state index >= 15 is 0 Å². The van der Waals surface area contributed by atoms with Crippen LogP contribution < -0.4 is 5.73 Å². The molecule has 1 aromatic heterocycles. The molecule has 1 rings (SSSR count). The summed E-state index contributed by atoms with van der Waals surface area (Å²) in [6.07, 6.45) is 7.45. The summed E-state index contributed by atoms with van der Waals surface area (Å²) >= 11 is 1.48. The highest BCUT2D eigenvalue weighted by Gasteiger charge is 1.98. The van der Waals surface area contributed by atoms with Gasteiger partial charge < -0.3 is 5.73 Å². The summed E-state index contributed by atoms with van der Waals surface area (Å²) in [4.78, 5) is 8.19. The molecule has 0 fully saturated rings. The first-order valence-electron chi connectivity index (χ1n) is 3.57. The van der Waals surface area contributed by atoms with E-state index in [2.05, 4.69) is 9.97 Å². The predicted octanol–water partition coefficient (Wildman–Crippen LogP) is 1.81. The number of nitrogens with two attached hydrogens (primary N) is 1. The van der Waals surface area contributed by atoms with Crippen LogP contribution in [0.5, 0.6) is 0 Å². The molecule has 0 atom stereocenters. The maximum atomic E-state index is 5.67. The molecule has 0 saturated carbocycles. The average Bonchev–Trinajstić information content (AvgIpc) is 2.09. The molecule has 3 nitrogen and oxygen atoms in total. The lowest BCUT2D eigenvalue weighted by Gasteiger charge is -1.99. The van der Waals surface area contributed by atoms with Gasteiger partial charge in [0, 0.05) is 11.8 Å². The Morgan fingerprint density at radius 3 is 2.83 bits per heavy atom. The molecular formula is C8H11N3S. The minimum absolute atomic E-state index is 0.535. The molecule has 0 saturated heterocycles. The van der Waals surface area contributed by atoms with E-state index in [0.717, 1.165) is 5.56 Å². The highest BCUT2D eigenvalue weighted by molar-refractivity contribution is 7.98. The van der Waals surface area contributed by atoms with E-state index in [1.807, 2.05) is 25.3 Å². The van der Waals surface area contributed by atoms with E-state index in [1.54, 1.807) is 6.20 Å². The number of aromatic nitrogens is 2. The van der Waals surface area contributed by atoms with E-state index in [4.69, 9.17) is 5.73 Å². The van der Waals surface area contributed by atoms with Crippen LogP contribution in [-0.4, -0.2) is 16.2 Å². The molecule has 1 aromatic rings. The number of rotatable bonds is 2. The maximum Gasteiger partial charge on any atom is 0.189 e. The molecule has 0 aliphatic heterocycles. The SMILES string of the molecule is C/C=C/c1cnc(SC)nc1N. The lowest BCUT2D eigenvalue weighted by molar-refractivity contribution is 0.975. The normalized spacial score (nSPS) is 10.8. The predicted molar refractivity (Wildman–Crippen MR) is 52.9 cm³/mol. The van der Waals surface area contributed by atoms with Crippen LogP contribution >= 0.6 is 11.8 Å². The quantitative estimate of drug-likeness (QED) is 0.558. The van der Waals surface area contributed by atoms with Crippen LogP contribution in [0, 0.1) is 0 Å². The van der Waals surface area contributed by atoms with Crippen molar-refractivity contribution in [2.75, 3.05) is 12.0 Å². The van der Waals surface area contributed by atoms with Gasteiger partial charge in [-0.05, 0) is 13.2 Å². The highest BCUT2D eigenvalue weighted by atomic mass is 32.2. The fourth-order valence-electron chi connectivity index (χ4n) is 0.794. The number of nitrogen functional groups attached to an aromatic ring is 1. The summed E-state index contributed by atoms with van der Waals surface area (Å²) in [5, 5.41) is 0.709. The van der Waals surface area contributed by atoms with Gasteiger partial charge in [-0.25, -0.2) is 9.97 Å². The van der Waals surface area contributed by atoms with Crippen molar-refractivity contribution in [1.29, 1.82) is 0 Å². The standard InChI is InChI=1S/C8H11N3S/c1-3-4-6-5-10-8(12-2)11-7(6)9/h3-5H,1-2H3,(H2,9,10,11)/b4-3+. The number of allylic oxidation sites excluding steroid dienone is 1. The van der Waals surface area contributed by atoms with Crippen LogP contribution in [0.15, 0.2) is 17.4 Å². The van der Waals surface area contributed by atoms with Gasteiger partial charge in [-0.3, -0.25) is 0 Å². The third-order valence-corrected chi connectivity index (χ3v) is 1.92. The third kappa shape index (κ3) is 1.98. The van der Waals surface area contributed by atoms with E-state index < -0.39 is 0 Å². The zero-order chi connectivity index (χ0) is 8.97. The lowest BCUT2D eigenvalue weighted by atomic mass is 10.3. The third-order valence-electron chi connectivity index (χ3n) is 1.35. The van der Waals surface area contributed by atoms with Crippen molar-refractivity contribution in [3.63, 3.8) is 0 Å². The number of hydrogen-bond acceptors (Lipinski definition) is 4. The monoisotopic (exact) mass is 181 g/mol. The van der Waals surface area contributed by atoms with E-state index in [0.29, 0.717) is 11.0 Å². The van der Waals surface area contributed by atoms with Crippen LogP contribution in [0.1, 0.15) is 12.5 Å². The second-order valence-corrected chi connectivity index (χ2v) is 2.97. The Hall–Kier alpha value is -1.03. The van der Waals surface area contributed by atoms with Gasteiger partial charge in [0.2, 0.25) is 0 Å². The number of hydrogen-bond donors (Lipinski definition) is 1. The minimum Gasteiger partial charge on any atom is -0.383 e. The van der Waals surface area contributed by atoms with Gasteiger partial charge in [-0.2, -0.15) is 0 Å². The smallest absolute Gasteiger partial charge is 0.189 e. The summed E-state index contributed by atoms with van der Waals surface area (Å²) < 4.78 is 0. The Kier molecular flexibility index (Phi) is 3.10. The molecule has 0 aliphatic carbocycles. The van der Waals surface area contributed by atoms with Crippen LogP contribution in [0.2, 0.25) is 0 Å². The molecule has 0 unspecified atom stereocenters. The van der Waals surface area contributed by atoms with Crippen molar-refractivity contribution in [3.8, 4) is 0 Å². The van der Waals surface area contributed by atoms with E-state index in [9.17, 15) is 0 Å². The van der Waals surface area contributed by atoms with Crippen molar-refractivity contribution in [1.82, 2.24) is 9.97 Å².